The normalized spacial score (nSPS) is 17.0. The molecule has 36 heavy (non-hydrogen) atoms. The van der Waals surface area contributed by atoms with Gasteiger partial charge >= 0.3 is 18.5 Å². The quantitative estimate of drug-likeness (QED) is 0.334. The van der Waals surface area contributed by atoms with E-state index in [0.717, 1.165) is 22.8 Å². The molecule has 0 amide bonds. The number of carboxylic acid groups (broad SMARTS) is 1. The van der Waals surface area contributed by atoms with Gasteiger partial charge in [0.25, 0.3) is 0 Å². The van der Waals surface area contributed by atoms with E-state index in [-0.39, 0.29) is 17.9 Å². The van der Waals surface area contributed by atoms with E-state index in [1.54, 1.807) is 18.2 Å². The summed E-state index contributed by atoms with van der Waals surface area (Å²) in [6.45, 7) is 0.951. The van der Waals surface area contributed by atoms with Gasteiger partial charge in [-0.1, -0.05) is 17.7 Å². The van der Waals surface area contributed by atoms with Gasteiger partial charge in [-0.25, -0.2) is 4.79 Å². The highest BCUT2D eigenvalue weighted by atomic mass is 35.5. The number of ether oxygens (including phenoxy) is 2. The summed E-state index contributed by atoms with van der Waals surface area (Å²) in [5.74, 6) is 0.270. The zero-order valence-corrected chi connectivity index (χ0v) is 19.3. The maximum Gasteiger partial charge on any atom is 0.506 e. The summed E-state index contributed by atoms with van der Waals surface area (Å²) in [4.78, 5) is 12.6. The summed E-state index contributed by atoms with van der Waals surface area (Å²) in [7, 11) is 0. The maximum atomic E-state index is 13.4. The molecule has 1 heterocycles. The van der Waals surface area contributed by atoms with Crippen LogP contribution in [0.2, 0.25) is 0 Å². The van der Waals surface area contributed by atoms with E-state index in [1.807, 2.05) is 4.90 Å². The van der Waals surface area contributed by atoms with Crippen LogP contribution in [-0.4, -0.2) is 41.9 Å². The summed E-state index contributed by atoms with van der Waals surface area (Å²) >= 11 is 6.58. The van der Waals surface area contributed by atoms with E-state index >= 15 is 0 Å². The van der Waals surface area contributed by atoms with Gasteiger partial charge < -0.3 is 14.6 Å². The van der Waals surface area contributed by atoms with E-state index in [4.69, 9.17) is 26.2 Å². The number of rotatable bonds is 6. The third-order valence-corrected chi connectivity index (χ3v) is 6.53. The number of hydrogen-bond acceptors (Lipinski definition) is 4. The number of fused-ring (bicyclic) bond motifs is 1. The first-order valence-electron chi connectivity index (χ1n) is 10.8. The first-order valence-corrected chi connectivity index (χ1v) is 11.2. The Kier molecular flexibility index (Phi) is 7.16. The summed E-state index contributed by atoms with van der Waals surface area (Å²) < 4.78 is 88.9. The Hall–Kier alpha value is -2.92. The Bertz CT molecular complexity index is 1190. The van der Waals surface area contributed by atoms with Crippen LogP contribution < -0.4 is 4.74 Å². The van der Waals surface area contributed by atoms with Crippen molar-refractivity contribution in [3.63, 3.8) is 0 Å². The second-order valence-corrected chi connectivity index (χ2v) is 8.97. The lowest BCUT2D eigenvalue weighted by molar-refractivity contribution is -0.143. The lowest BCUT2D eigenvalue weighted by atomic mass is 9.91. The molecule has 2 aliphatic rings. The van der Waals surface area contributed by atoms with E-state index in [2.05, 4.69) is 0 Å². The minimum absolute atomic E-state index is 0.0891. The average Bonchev–Trinajstić information content (AvgIpc) is 2.76. The molecule has 2 aromatic rings. The highest BCUT2D eigenvalue weighted by molar-refractivity contribution is 6.49. The minimum Gasteiger partial charge on any atom is -0.489 e. The van der Waals surface area contributed by atoms with Crippen LogP contribution in [0.15, 0.2) is 42.0 Å². The molecule has 12 heteroatoms. The van der Waals surface area contributed by atoms with Crippen LogP contribution in [-0.2, 0) is 30.1 Å². The second kappa shape index (κ2) is 9.85. The zero-order chi connectivity index (χ0) is 26.3. The first-order chi connectivity index (χ1) is 16.8. The molecule has 0 aromatic heterocycles. The molecule has 1 N–H and O–H groups in total. The molecule has 5 nitrogen and oxygen atoms in total. The molecule has 0 atom stereocenters. The Morgan fingerprint density at radius 3 is 2.39 bits per heavy atom. The number of halogens is 7. The molecule has 1 fully saturated rings. The van der Waals surface area contributed by atoms with Crippen LogP contribution in [0.25, 0.3) is 5.03 Å². The summed E-state index contributed by atoms with van der Waals surface area (Å²) in [5.41, 5.74) is -0.616. The smallest absolute Gasteiger partial charge is 0.489 e. The maximum absolute atomic E-state index is 13.4. The predicted octanol–water partition coefficient (Wildman–Crippen LogP) is 6.58. The van der Waals surface area contributed by atoms with Crippen LogP contribution >= 0.6 is 11.6 Å². The fourth-order valence-corrected chi connectivity index (χ4v) is 4.60. The second-order valence-electron chi connectivity index (χ2n) is 8.59. The molecule has 194 valence electrons. The van der Waals surface area contributed by atoms with Gasteiger partial charge in [-0.05, 0) is 59.9 Å². The van der Waals surface area contributed by atoms with Gasteiger partial charge in [-0.15, -0.1) is 0 Å². The lowest BCUT2D eigenvalue weighted by Gasteiger charge is -2.38. The number of aryl methyl sites for hydroxylation is 1. The third-order valence-electron chi connectivity index (χ3n) is 6.06. The highest BCUT2D eigenvalue weighted by Crippen LogP contribution is 2.39. The molecule has 1 saturated heterocycles. The van der Waals surface area contributed by atoms with Crippen molar-refractivity contribution in [1.29, 1.82) is 0 Å². The molecular formula is C24H20ClF6NO4. The van der Waals surface area contributed by atoms with Gasteiger partial charge in [0.05, 0.1) is 11.1 Å². The summed E-state index contributed by atoms with van der Waals surface area (Å²) in [5, 5.41) is 9.20. The van der Waals surface area contributed by atoms with Crippen molar-refractivity contribution < 1.29 is 45.7 Å². The lowest BCUT2D eigenvalue weighted by Crippen LogP contribution is -2.53. The molecule has 1 aliphatic heterocycles. The number of alkyl halides is 6. The fraction of sp³-hybridized carbons (Fsp3) is 0.375. The average molecular weight is 536 g/mol. The Morgan fingerprint density at radius 1 is 1.03 bits per heavy atom. The molecule has 0 bridgehead atoms. The van der Waals surface area contributed by atoms with Crippen molar-refractivity contribution in [1.82, 2.24) is 4.90 Å². The van der Waals surface area contributed by atoms with Gasteiger partial charge in [-0.2, -0.15) is 26.3 Å². The minimum atomic E-state index is -4.97. The largest absolute Gasteiger partial charge is 0.506 e. The topological polar surface area (TPSA) is 59.0 Å². The van der Waals surface area contributed by atoms with Crippen LogP contribution in [0, 0.1) is 0 Å². The van der Waals surface area contributed by atoms with Crippen LogP contribution in [0.3, 0.4) is 0 Å². The van der Waals surface area contributed by atoms with Crippen molar-refractivity contribution in [2.24, 2.45) is 0 Å². The molecule has 0 spiro atoms. The van der Waals surface area contributed by atoms with Crippen molar-refractivity contribution in [2.45, 2.75) is 37.9 Å². The van der Waals surface area contributed by atoms with Gasteiger partial charge in [-0.3, -0.25) is 4.90 Å². The van der Waals surface area contributed by atoms with E-state index < -0.39 is 41.8 Å². The number of likely N-dealkylation sites (tertiary alicyclic amines) is 1. The molecule has 0 unspecified atom stereocenters. The molecule has 0 radical (unpaired) electrons. The van der Waals surface area contributed by atoms with Gasteiger partial charge in [0, 0.05) is 30.2 Å². The summed E-state index contributed by atoms with van der Waals surface area (Å²) in [6.07, 6.45) is -10.3. The van der Waals surface area contributed by atoms with Crippen LogP contribution in [0.4, 0.5) is 31.1 Å². The predicted molar refractivity (Wildman–Crippen MR) is 118 cm³/mol. The van der Waals surface area contributed by atoms with Crippen LogP contribution in [0.1, 0.15) is 34.2 Å². The molecule has 4 rings (SSSR count). The number of hydrogen-bond donors (Lipinski definition) is 1. The Labute approximate surface area is 206 Å². The van der Waals surface area contributed by atoms with Crippen LogP contribution in [0.5, 0.6) is 5.75 Å². The Morgan fingerprint density at radius 2 is 1.75 bits per heavy atom. The monoisotopic (exact) mass is 535 g/mol. The number of carbonyl (C=O) groups is 1. The van der Waals surface area contributed by atoms with E-state index in [1.165, 1.54) is 0 Å². The van der Waals surface area contributed by atoms with Crippen molar-refractivity contribution >= 4 is 22.8 Å². The van der Waals surface area contributed by atoms with Gasteiger partial charge in [0.15, 0.2) is 0 Å². The van der Waals surface area contributed by atoms with Crippen molar-refractivity contribution in [2.75, 3.05) is 19.6 Å². The molecular weight excluding hydrogens is 516 g/mol. The fourth-order valence-electron chi connectivity index (χ4n) is 4.26. The van der Waals surface area contributed by atoms with Crippen molar-refractivity contribution in [3.05, 3.63) is 69.8 Å². The third kappa shape index (κ3) is 5.89. The molecule has 2 aromatic carbocycles. The molecule has 1 aliphatic carbocycles. The van der Waals surface area contributed by atoms with Gasteiger partial charge in [0.1, 0.15) is 18.5 Å². The molecule has 0 saturated carbocycles. The summed E-state index contributed by atoms with van der Waals surface area (Å²) in [6, 6.07) is 6.36. The first kappa shape index (κ1) is 26.2. The highest BCUT2D eigenvalue weighted by Gasteiger charge is 2.38. The Balaban J connectivity index is 1.44. The number of nitrogens with zero attached hydrogens (tertiary/aromatic N) is 1. The van der Waals surface area contributed by atoms with E-state index in [0.29, 0.717) is 43.6 Å². The SMILES string of the molecule is O=C(O)OC1CN(CC2=C(Cl)c3ccc(OCc4ccc(C(F)(F)F)cc4C(F)(F)F)cc3CC2)C1. The van der Waals surface area contributed by atoms with Crippen molar-refractivity contribution in [3.8, 4) is 5.75 Å². The zero-order valence-electron chi connectivity index (χ0n) is 18.5. The van der Waals surface area contributed by atoms with E-state index in [9.17, 15) is 31.1 Å². The standard InChI is InChI=1S/C24H20ClF6NO4/c25-21-14(9-32-10-18(11-32)36-22(33)34)2-1-13-7-17(5-6-19(13)21)35-12-15-3-4-16(23(26,27)28)8-20(15)24(29,30)31/h3-8,18H,1-2,9-12H2,(H,33,34). The van der Waals surface area contributed by atoms with Gasteiger partial charge in [0.2, 0.25) is 0 Å². The number of benzene rings is 2.